The van der Waals surface area contributed by atoms with Crippen LogP contribution in [0.5, 0.6) is 0 Å². The minimum Gasteiger partial charge on any atom is -0.342 e. The molecule has 1 aliphatic heterocycles. The maximum atomic E-state index is 12.1. The number of alkyl halides is 3. The Kier molecular flexibility index (Phi) is 5.14. The molecular weight excluding hydrogens is 303 g/mol. The summed E-state index contributed by atoms with van der Waals surface area (Å²) in [6, 6.07) is 7.52. The first-order valence-electron chi connectivity index (χ1n) is 6.92. The molecule has 0 aromatic heterocycles. The lowest BCUT2D eigenvalue weighted by atomic mass is 9.99. The summed E-state index contributed by atoms with van der Waals surface area (Å²) >= 11 is 5.82. The van der Waals surface area contributed by atoms with E-state index in [-0.39, 0.29) is 0 Å². The minimum atomic E-state index is -4.27. The maximum absolute atomic E-state index is 12.1. The van der Waals surface area contributed by atoms with E-state index < -0.39 is 24.9 Å². The zero-order chi connectivity index (χ0) is 15.5. The van der Waals surface area contributed by atoms with E-state index in [0.29, 0.717) is 24.0 Å². The molecule has 0 spiro atoms. The smallest absolute Gasteiger partial charge is 0.342 e. The molecule has 0 radical (unpaired) electrons. The molecule has 2 rings (SSSR count). The summed E-state index contributed by atoms with van der Waals surface area (Å²) in [5.41, 5.74) is 1.13. The summed E-state index contributed by atoms with van der Waals surface area (Å²) in [4.78, 5) is 13.3. The monoisotopic (exact) mass is 319 g/mol. The van der Waals surface area contributed by atoms with Crippen LogP contribution in [-0.4, -0.2) is 30.1 Å². The van der Waals surface area contributed by atoms with E-state index in [9.17, 15) is 18.0 Å². The van der Waals surface area contributed by atoms with Crippen LogP contribution in [0.4, 0.5) is 13.2 Å². The van der Waals surface area contributed by atoms with Crippen molar-refractivity contribution in [3.05, 3.63) is 34.9 Å². The summed E-state index contributed by atoms with van der Waals surface area (Å²) in [5, 5.41) is 0.675. The molecule has 0 N–H and O–H groups in total. The lowest BCUT2D eigenvalue weighted by molar-refractivity contribution is -0.148. The van der Waals surface area contributed by atoms with Gasteiger partial charge in [0, 0.05) is 24.5 Å². The van der Waals surface area contributed by atoms with Gasteiger partial charge in [-0.1, -0.05) is 23.7 Å². The second-order valence-electron chi connectivity index (χ2n) is 5.44. The van der Waals surface area contributed by atoms with E-state index in [1.165, 1.54) is 0 Å². The summed E-state index contributed by atoms with van der Waals surface area (Å²) in [5.74, 6) is -0.0908. The van der Waals surface area contributed by atoms with Gasteiger partial charge < -0.3 is 4.90 Å². The Labute approximate surface area is 126 Å². The molecule has 0 saturated carbocycles. The van der Waals surface area contributed by atoms with Crippen LogP contribution in [-0.2, 0) is 11.2 Å². The van der Waals surface area contributed by atoms with Gasteiger partial charge in [0.05, 0.1) is 6.42 Å². The molecule has 1 amide bonds. The zero-order valence-electron chi connectivity index (χ0n) is 11.5. The van der Waals surface area contributed by atoms with Crippen molar-refractivity contribution < 1.29 is 18.0 Å². The average Bonchev–Trinajstić information content (AvgIpc) is 2.86. The maximum Gasteiger partial charge on any atom is 0.389 e. The number of rotatable bonds is 4. The Balaban J connectivity index is 1.80. The minimum absolute atomic E-state index is 0.306. The highest BCUT2D eigenvalue weighted by Gasteiger charge is 2.31. The molecule has 1 aliphatic rings. The fourth-order valence-electron chi connectivity index (χ4n) is 2.59. The van der Waals surface area contributed by atoms with Crippen LogP contribution in [0, 0.1) is 5.92 Å². The topological polar surface area (TPSA) is 20.3 Å². The number of hydrogen-bond acceptors (Lipinski definition) is 1. The van der Waals surface area contributed by atoms with Crippen LogP contribution in [0.15, 0.2) is 24.3 Å². The highest BCUT2D eigenvalue weighted by molar-refractivity contribution is 6.30. The first-order valence-corrected chi connectivity index (χ1v) is 7.30. The van der Waals surface area contributed by atoms with Gasteiger partial charge >= 0.3 is 6.18 Å². The third kappa shape index (κ3) is 5.23. The van der Waals surface area contributed by atoms with Gasteiger partial charge in [0.25, 0.3) is 0 Å². The standard InChI is InChI=1S/C15H17ClF3NO/c16-13-3-1-11(2-4-13)9-12-6-8-20(10-12)14(21)5-7-15(17,18)19/h1-4,12H,5-10H2. The van der Waals surface area contributed by atoms with Crippen LogP contribution in [0.1, 0.15) is 24.8 Å². The van der Waals surface area contributed by atoms with Gasteiger partial charge in [0.15, 0.2) is 0 Å². The van der Waals surface area contributed by atoms with Crippen molar-refractivity contribution in [3.8, 4) is 0 Å². The SMILES string of the molecule is O=C(CCC(F)(F)F)N1CCC(Cc2ccc(Cl)cc2)C1. The van der Waals surface area contributed by atoms with Crippen molar-refractivity contribution >= 4 is 17.5 Å². The molecule has 1 fully saturated rings. The molecule has 2 nitrogen and oxygen atoms in total. The first-order chi connectivity index (χ1) is 9.83. The fraction of sp³-hybridized carbons (Fsp3) is 0.533. The lowest BCUT2D eigenvalue weighted by Gasteiger charge is -2.17. The summed E-state index contributed by atoms with van der Waals surface area (Å²) in [6.07, 6.45) is -4.10. The van der Waals surface area contributed by atoms with Crippen molar-refractivity contribution in [2.45, 2.75) is 31.9 Å². The van der Waals surface area contributed by atoms with E-state index in [1.54, 1.807) is 4.90 Å². The summed E-state index contributed by atoms with van der Waals surface area (Å²) in [6.45, 7) is 1.09. The Morgan fingerprint density at radius 3 is 2.57 bits per heavy atom. The number of benzene rings is 1. The molecule has 1 atom stereocenters. The Hall–Kier alpha value is -1.23. The van der Waals surface area contributed by atoms with E-state index in [0.717, 1.165) is 18.4 Å². The third-order valence-electron chi connectivity index (χ3n) is 3.70. The van der Waals surface area contributed by atoms with Crippen LogP contribution in [0.3, 0.4) is 0 Å². The molecular formula is C15H17ClF3NO. The van der Waals surface area contributed by atoms with E-state index >= 15 is 0 Å². The third-order valence-corrected chi connectivity index (χ3v) is 3.95. The molecule has 0 bridgehead atoms. The molecule has 1 unspecified atom stereocenters. The quantitative estimate of drug-likeness (QED) is 0.819. The fourth-order valence-corrected chi connectivity index (χ4v) is 2.71. The van der Waals surface area contributed by atoms with Gasteiger partial charge in [-0.15, -0.1) is 0 Å². The Bertz CT molecular complexity index is 487. The zero-order valence-corrected chi connectivity index (χ0v) is 12.3. The normalized spacial score (nSPS) is 19.0. The molecule has 1 heterocycles. The van der Waals surface area contributed by atoms with Crippen LogP contribution < -0.4 is 0 Å². The predicted molar refractivity (Wildman–Crippen MR) is 75.1 cm³/mol. The van der Waals surface area contributed by atoms with Crippen LogP contribution >= 0.6 is 11.6 Å². The number of carbonyl (C=O) groups is 1. The number of hydrogen-bond donors (Lipinski definition) is 0. The second kappa shape index (κ2) is 6.69. The van der Waals surface area contributed by atoms with Crippen molar-refractivity contribution in [2.24, 2.45) is 5.92 Å². The van der Waals surface area contributed by atoms with Crippen molar-refractivity contribution in [1.29, 1.82) is 0 Å². The van der Waals surface area contributed by atoms with E-state index in [1.807, 2.05) is 24.3 Å². The summed E-state index contributed by atoms with van der Waals surface area (Å²) in [7, 11) is 0. The molecule has 116 valence electrons. The number of nitrogens with zero attached hydrogens (tertiary/aromatic N) is 1. The first kappa shape index (κ1) is 16.1. The molecule has 1 aromatic carbocycles. The van der Waals surface area contributed by atoms with Gasteiger partial charge in [-0.05, 0) is 36.5 Å². The van der Waals surface area contributed by atoms with Gasteiger partial charge in [0.1, 0.15) is 0 Å². The molecule has 0 aliphatic carbocycles. The average molecular weight is 320 g/mol. The highest BCUT2D eigenvalue weighted by Crippen LogP contribution is 2.25. The Morgan fingerprint density at radius 2 is 1.95 bits per heavy atom. The molecule has 1 saturated heterocycles. The summed E-state index contributed by atoms with van der Waals surface area (Å²) < 4.78 is 36.4. The number of carbonyl (C=O) groups excluding carboxylic acids is 1. The van der Waals surface area contributed by atoms with Gasteiger partial charge in [-0.25, -0.2) is 0 Å². The molecule has 1 aromatic rings. The lowest BCUT2D eigenvalue weighted by Crippen LogP contribution is -2.29. The van der Waals surface area contributed by atoms with Gasteiger partial charge in [-0.2, -0.15) is 13.2 Å². The van der Waals surface area contributed by atoms with Crippen LogP contribution in [0.25, 0.3) is 0 Å². The van der Waals surface area contributed by atoms with Crippen molar-refractivity contribution in [1.82, 2.24) is 4.90 Å². The van der Waals surface area contributed by atoms with E-state index in [2.05, 4.69) is 0 Å². The molecule has 6 heteroatoms. The molecule has 21 heavy (non-hydrogen) atoms. The van der Waals surface area contributed by atoms with Crippen molar-refractivity contribution in [2.75, 3.05) is 13.1 Å². The van der Waals surface area contributed by atoms with Crippen molar-refractivity contribution in [3.63, 3.8) is 0 Å². The highest BCUT2D eigenvalue weighted by atomic mass is 35.5. The largest absolute Gasteiger partial charge is 0.389 e. The van der Waals surface area contributed by atoms with Gasteiger partial charge in [-0.3, -0.25) is 4.79 Å². The predicted octanol–water partition coefficient (Wildman–Crippen LogP) is 4.07. The number of halogens is 4. The van der Waals surface area contributed by atoms with E-state index in [4.69, 9.17) is 11.6 Å². The van der Waals surface area contributed by atoms with Crippen LogP contribution in [0.2, 0.25) is 5.02 Å². The number of amides is 1. The Morgan fingerprint density at radius 1 is 1.29 bits per heavy atom. The number of likely N-dealkylation sites (tertiary alicyclic amines) is 1. The van der Waals surface area contributed by atoms with Gasteiger partial charge in [0.2, 0.25) is 5.91 Å². The second-order valence-corrected chi connectivity index (χ2v) is 5.88.